The lowest BCUT2D eigenvalue weighted by atomic mass is 9.95. The first-order valence-electron chi connectivity index (χ1n) is 8.95. The molecule has 1 heterocycles. The van der Waals surface area contributed by atoms with Crippen molar-refractivity contribution in [2.75, 3.05) is 23.8 Å². The number of hydrogen-bond donors (Lipinski definition) is 3. The number of thioether (sulfide) groups is 2. The first-order valence-corrected chi connectivity index (χ1v) is 11.1. The van der Waals surface area contributed by atoms with E-state index in [1.165, 1.54) is 0 Å². The van der Waals surface area contributed by atoms with Crippen LogP contribution < -0.4 is 16.4 Å². The monoisotopic (exact) mass is 395 g/mol. The van der Waals surface area contributed by atoms with E-state index in [1.807, 2.05) is 19.1 Å². The zero-order chi connectivity index (χ0) is 19.2. The number of carbonyl (C=O) groups excluding carboxylic acids is 2. The fourth-order valence-corrected chi connectivity index (χ4v) is 5.04. The van der Waals surface area contributed by atoms with E-state index in [2.05, 4.69) is 36.3 Å². The third-order valence-corrected chi connectivity index (χ3v) is 7.00. The van der Waals surface area contributed by atoms with Crippen LogP contribution in [0, 0.1) is 0 Å². The summed E-state index contributed by atoms with van der Waals surface area (Å²) < 4.78 is 0. The average molecular weight is 396 g/mol. The van der Waals surface area contributed by atoms with E-state index in [-0.39, 0.29) is 18.4 Å². The normalized spacial score (nSPS) is 30.8. The summed E-state index contributed by atoms with van der Waals surface area (Å²) in [5.74, 6) is 1.88. The molecule has 26 heavy (non-hydrogen) atoms. The quantitative estimate of drug-likeness (QED) is 0.597. The van der Waals surface area contributed by atoms with Crippen LogP contribution in [-0.2, 0) is 9.59 Å². The van der Waals surface area contributed by atoms with Gasteiger partial charge in [0.05, 0.1) is 12.1 Å². The predicted molar refractivity (Wildman–Crippen MR) is 112 cm³/mol. The van der Waals surface area contributed by atoms with Crippen LogP contribution in [0.3, 0.4) is 0 Å². The van der Waals surface area contributed by atoms with Crippen molar-refractivity contribution in [3.63, 3.8) is 0 Å². The second-order valence-corrected chi connectivity index (χ2v) is 8.95. The lowest BCUT2D eigenvalue weighted by molar-refractivity contribution is -0.124. The van der Waals surface area contributed by atoms with Crippen LogP contribution in [0.5, 0.6) is 0 Å². The Morgan fingerprint density at radius 2 is 2.23 bits per heavy atom. The summed E-state index contributed by atoms with van der Waals surface area (Å²) in [5.41, 5.74) is 3.93. The second kappa shape index (κ2) is 9.26. The van der Waals surface area contributed by atoms with Crippen LogP contribution in [0.25, 0.3) is 0 Å². The van der Waals surface area contributed by atoms with Gasteiger partial charge in [-0.1, -0.05) is 31.6 Å². The predicted octanol–water partition coefficient (Wildman–Crippen LogP) is 2.01. The van der Waals surface area contributed by atoms with Gasteiger partial charge in [-0.3, -0.25) is 20.2 Å². The van der Waals surface area contributed by atoms with E-state index < -0.39 is 17.0 Å². The molecule has 2 rings (SSSR count). The number of Topliss-reactive ketones (excluding diaryl/α,β-unsaturated/α-hetero) is 1. The Bertz CT molecular complexity index is 620. The van der Waals surface area contributed by atoms with E-state index in [1.54, 1.807) is 23.5 Å². The van der Waals surface area contributed by atoms with Crippen molar-refractivity contribution >= 4 is 35.2 Å². The van der Waals surface area contributed by atoms with E-state index in [4.69, 9.17) is 5.73 Å². The van der Waals surface area contributed by atoms with Gasteiger partial charge >= 0.3 is 0 Å². The molecule has 0 spiro atoms. The van der Waals surface area contributed by atoms with E-state index in [0.29, 0.717) is 5.75 Å². The molecule has 1 amide bonds. The van der Waals surface area contributed by atoms with Gasteiger partial charge in [-0.05, 0) is 19.4 Å². The molecular formula is C19H29N3O2S2. The lowest BCUT2D eigenvalue weighted by Gasteiger charge is -2.33. The van der Waals surface area contributed by atoms with Gasteiger partial charge in [0.15, 0.2) is 5.78 Å². The number of nitrogens with two attached hydrogens (primary N) is 1. The molecule has 0 aromatic heterocycles. The molecule has 7 heteroatoms. The minimum Gasteiger partial charge on any atom is -0.367 e. The van der Waals surface area contributed by atoms with Crippen LogP contribution in [0.2, 0.25) is 0 Å². The number of fused-ring (bicyclic) bond motifs is 1. The summed E-state index contributed by atoms with van der Waals surface area (Å²) >= 11 is 3.31. The average Bonchev–Trinajstić information content (AvgIpc) is 3.32. The molecule has 144 valence electrons. The maximum Gasteiger partial charge on any atom is 0.246 e. The maximum atomic E-state index is 13.0. The third kappa shape index (κ3) is 5.03. The van der Waals surface area contributed by atoms with Gasteiger partial charge in [0.25, 0.3) is 0 Å². The van der Waals surface area contributed by atoms with Crippen molar-refractivity contribution in [1.82, 2.24) is 10.6 Å². The Balaban J connectivity index is 2.16. The molecule has 4 N–H and O–H groups in total. The number of ketones is 1. The Morgan fingerprint density at radius 1 is 1.50 bits per heavy atom. The number of hydrogen-bond acceptors (Lipinski definition) is 6. The van der Waals surface area contributed by atoms with Gasteiger partial charge in [0.2, 0.25) is 5.91 Å². The summed E-state index contributed by atoms with van der Waals surface area (Å²) in [4.78, 5) is 25.9. The molecule has 0 fully saturated rings. The van der Waals surface area contributed by atoms with Gasteiger partial charge in [0, 0.05) is 28.2 Å². The van der Waals surface area contributed by atoms with Crippen molar-refractivity contribution in [2.24, 2.45) is 5.73 Å². The van der Waals surface area contributed by atoms with Crippen molar-refractivity contribution in [3.8, 4) is 0 Å². The summed E-state index contributed by atoms with van der Waals surface area (Å²) in [6.45, 7) is 8.03. The van der Waals surface area contributed by atoms with E-state index >= 15 is 0 Å². The van der Waals surface area contributed by atoms with Gasteiger partial charge in [-0.25, -0.2) is 0 Å². The van der Waals surface area contributed by atoms with Gasteiger partial charge in [0.1, 0.15) is 5.54 Å². The molecule has 0 radical (unpaired) electrons. The largest absolute Gasteiger partial charge is 0.367 e. The van der Waals surface area contributed by atoms with E-state index in [9.17, 15) is 9.59 Å². The molecule has 1 aliphatic carbocycles. The van der Waals surface area contributed by atoms with Crippen LogP contribution in [0.1, 0.15) is 26.7 Å². The second-order valence-electron chi connectivity index (χ2n) is 6.86. The first kappa shape index (κ1) is 21.3. The standard InChI is InChI=1S/C19H29N3O2S2/c1-4-8-14(5-2)22-18(3)13-25-9-6-7-10-26-16-11-19(16,17(20)24)21-12-15(18)23/h5-7,11,14,21-22H,2,4,8-10,12-13H2,1,3H3,(H2,20,24). The lowest BCUT2D eigenvalue weighted by Crippen LogP contribution is -2.59. The summed E-state index contributed by atoms with van der Waals surface area (Å²) in [6.07, 6.45) is 9.82. The first-order chi connectivity index (χ1) is 12.4. The molecule has 0 bridgehead atoms. The molecular weight excluding hydrogens is 366 g/mol. The van der Waals surface area contributed by atoms with Crippen molar-refractivity contribution in [3.05, 3.63) is 35.8 Å². The molecule has 3 unspecified atom stereocenters. The van der Waals surface area contributed by atoms with Crippen LogP contribution in [0.4, 0.5) is 0 Å². The number of nitrogens with one attached hydrogen (secondary N) is 2. The fourth-order valence-electron chi connectivity index (χ4n) is 2.93. The zero-order valence-corrected chi connectivity index (χ0v) is 17.2. The Morgan fingerprint density at radius 3 is 2.88 bits per heavy atom. The summed E-state index contributed by atoms with van der Waals surface area (Å²) in [7, 11) is 0. The van der Waals surface area contributed by atoms with Gasteiger partial charge < -0.3 is 5.73 Å². The topological polar surface area (TPSA) is 84.2 Å². The maximum absolute atomic E-state index is 13.0. The Kier molecular flexibility index (Phi) is 7.58. The summed E-state index contributed by atoms with van der Waals surface area (Å²) in [5, 5.41) is 6.58. The molecule has 0 aromatic carbocycles. The van der Waals surface area contributed by atoms with Gasteiger partial charge in [-0.15, -0.1) is 18.3 Å². The minimum absolute atomic E-state index is 0.0291. The Labute approximate surface area is 164 Å². The molecule has 5 nitrogen and oxygen atoms in total. The van der Waals surface area contributed by atoms with Crippen LogP contribution in [0.15, 0.2) is 35.8 Å². The highest BCUT2D eigenvalue weighted by Gasteiger charge is 2.50. The highest BCUT2D eigenvalue weighted by molar-refractivity contribution is 8.03. The summed E-state index contributed by atoms with van der Waals surface area (Å²) in [6, 6.07) is 0.0797. The highest BCUT2D eigenvalue weighted by atomic mass is 32.2. The smallest absolute Gasteiger partial charge is 0.246 e. The SMILES string of the molecule is C=CC(CCC)NC1(C)CSCC=CCSC2=CC2(C(N)=O)NCC1=O. The molecule has 3 atom stereocenters. The number of carbonyl (C=O) groups is 2. The molecule has 0 saturated heterocycles. The van der Waals surface area contributed by atoms with Crippen molar-refractivity contribution < 1.29 is 9.59 Å². The molecule has 0 aromatic rings. The molecule has 0 saturated carbocycles. The van der Waals surface area contributed by atoms with Crippen molar-refractivity contribution in [2.45, 2.75) is 43.8 Å². The number of rotatable bonds is 6. The van der Waals surface area contributed by atoms with Crippen LogP contribution >= 0.6 is 23.5 Å². The minimum atomic E-state index is -0.947. The molecule has 1 aliphatic heterocycles. The third-order valence-electron chi connectivity index (χ3n) is 4.68. The zero-order valence-electron chi connectivity index (χ0n) is 15.5. The van der Waals surface area contributed by atoms with Gasteiger partial charge in [-0.2, -0.15) is 11.8 Å². The Hall–Kier alpha value is -1.02. The number of amides is 1. The van der Waals surface area contributed by atoms with Crippen LogP contribution in [-0.4, -0.2) is 52.6 Å². The fraction of sp³-hybridized carbons (Fsp3) is 0.579. The van der Waals surface area contributed by atoms with E-state index in [0.717, 1.165) is 29.3 Å². The molecule has 2 aliphatic rings. The number of primary amides is 1. The van der Waals surface area contributed by atoms with Crippen molar-refractivity contribution in [1.29, 1.82) is 0 Å². The highest BCUT2D eigenvalue weighted by Crippen LogP contribution is 2.43.